The smallest absolute Gasteiger partial charge is 0.329 e. The Kier molecular flexibility index (Phi) is 4.32. The molecule has 0 saturated heterocycles. The van der Waals surface area contributed by atoms with E-state index in [-0.39, 0.29) is 21.1 Å². The molecule has 0 aliphatic carbocycles. The van der Waals surface area contributed by atoms with Crippen molar-refractivity contribution in [2.24, 2.45) is 0 Å². The molecule has 1 aliphatic heterocycles. The SMILES string of the molecule is O=C(CS(=O)(=O)c1ccc(Cl)cc1)ON1C(=O)c2ccccc2C1=O. The first kappa shape index (κ1) is 17.1. The number of hydrogen-bond acceptors (Lipinski definition) is 6. The van der Waals surface area contributed by atoms with Gasteiger partial charge < -0.3 is 4.84 Å². The summed E-state index contributed by atoms with van der Waals surface area (Å²) in [6.07, 6.45) is 0. The molecule has 2 aromatic carbocycles. The zero-order valence-electron chi connectivity index (χ0n) is 12.5. The van der Waals surface area contributed by atoms with Crippen molar-refractivity contribution in [1.29, 1.82) is 0 Å². The summed E-state index contributed by atoms with van der Waals surface area (Å²) in [4.78, 5) is 40.6. The van der Waals surface area contributed by atoms with Crippen molar-refractivity contribution in [3.63, 3.8) is 0 Å². The van der Waals surface area contributed by atoms with Crippen LogP contribution in [0.1, 0.15) is 20.7 Å². The van der Waals surface area contributed by atoms with Crippen molar-refractivity contribution in [2.45, 2.75) is 4.90 Å². The van der Waals surface area contributed by atoms with Crippen LogP contribution in [-0.4, -0.2) is 37.0 Å². The molecule has 1 heterocycles. The number of sulfone groups is 1. The summed E-state index contributed by atoms with van der Waals surface area (Å²) in [5.41, 5.74) is 0.168. The number of fused-ring (bicyclic) bond motifs is 1. The molecule has 0 aromatic heterocycles. The van der Waals surface area contributed by atoms with Crippen LogP contribution in [-0.2, 0) is 19.5 Å². The van der Waals surface area contributed by atoms with Gasteiger partial charge in [-0.3, -0.25) is 9.59 Å². The van der Waals surface area contributed by atoms with Gasteiger partial charge in [-0.25, -0.2) is 13.2 Å². The second kappa shape index (κ2) is 6.30. The van der Waals surface area contributed by atoms with Crippen LogP contribution in [0.25, 0.3) is 0 Å². The molecule has 25 heavy (non-hydrogen) atoms. The van der Waals surface area contributed by atoms with Crippen LogP contribution in [0.5, 0.6) is 0 Å². The number of hydrogen-bond donors (Lipinski definition) is 0. The molecule has 1 aliphatic rings. The quantitative estimate of drug-likeness (QED) is 0.752. The highest BCUT2D eigenvalue weighted by Crippen LogP contribution is 2.23. The van der Waals surface area contributed by atoms with Crippen LogP contribution >= 0.6 is 11.6 Å². The Morgan fingerprint density at radius 3 is 2.00 bits per heavy atom. The zero-order chi connectivity index (χ0) is 18.2. The van der Waals surface area contributed by atoms with Gasteiger partial charge >= 0.3 is 5.97 Å². The molecular weight excluding hydrogens is 370 g/mol. The highest BCUT2D eigenvalue weighted by Gasteiger charge is 2.39. The van der Waals surface area contributed by atoms with Crippen LogP contribution in [0.3, 0.4) is 0 Å². The van der Waals surface area contributed by atoms with E-state index in [1.807, 2.05) is 0 Å². The fourth-order valence-electron chi connectivity index (χ4n) is 2.26. The molecule has 0 bridgehead atoms. The molecule has 0 spiro atoms. The molecule has 0 fully saturated rings. The molecule has 128 valence electrons. The van der Waals surface area contributed by atoms with Gasteiger partial charge in [0.2, 0.25) is 0 Å². The van der Waals surface area contributed by atoms with Crippen LogP contribution < -0.4 is 0 Å². The van der Waals surface area contributed by atoms with Gasteiger partial charge in [-0.1, -0.05) is 28.8 Å². The van der Waals surface area contributed by atoms with E-state index in [9.17, 15) is 22.8 Å². The third-order valence-electron chi connectivity index (χ3n) is 3.43. The number of imide groups is 1. The lowest BCUT2D eigenvalue weighted by Gasteiger charge is -2.12. The summed E-state index contributed by atoms with van der Waals surface area (Å²) in [6.45, 7) is 0. The lowest BCUT2D eigenvalue weighted by molar-refractivity contribution is -0.165. The number of carbonyl (C=O) groups excluding carboxylic acids is 3. The van der Waals surface area contributed by atoms with Crippen LogP contribution in [0.15, 0.2) is 53.4 Å². The minimum absolute atomic E-state index is 0.0841. The van der Waals surface area contributed by atoms with E-state index in [0.717, 1.165) is 0 Å². The summed E-state index contributed by atoms with van der Waals surface area (Å²) < 4.78 is 24.4. The Bertz CT molecular complexity index is 949. The van der Waals surface area contributed by atoms with Gasteiger partial charge in [0.1, 0.15) is 0 Å². The van der Waals surface area contributed by atoms with Crippen molar-refractivity contribution in [2.75, 3.05) is 5.75 Å². The summed E-state index contributed by atoms with van der Waals surface area (Å²) in [5, 5.41) is 0.609. The fraction of sp³-hybridized carbons (Fsp3) is 0.0625. The summed E-state index contributed by atoms with van der Waals surface area (Å²) in [5.74, 6) is -3.91. The van der Waals surface area contributed by atoms with Gasteiger partial charge in [-0.05, 0) is 36.4 Å². The molecule has 0 unspecified atom stereocenters. The number of halogens is 1. The average Bonchev–Trinajstić information content (AvgIpc) is 2.80. The van der Waals surface area contributed by atoms with Crippen molar-refractivity contribution in [3.8, 4) is 0 Å². The Hall–Kier alpha value is -2.71. The van der Waals surface area contributed by atoms with Gasteiger partial charge in [-0.15, -0.1) is 0 Å². The Balaban J connectivity index is 1.74. The number of amides is 2. The van der Waals surface area contributed by atoms with Gasteiger partial charge in [0.05, 0.1) is 16.0 Å². The maximum absolute atomic E-state index is 12.2. The van der Waals surface area contributed by atoms with Crippen molar-refractivity contribution in [3.05, 3.63) is 64.7 Å². The van der Waals surface area contributed by atoms with E-state index < -0.39 is 33.4 Å². The number of hydroxylamine groups is 2. The minimum Gasteiger partial charge on any atom is -0.329 e. The number of nitrogens with zero attached hydrogens (tertiary/aromatic N) is 1. The van der Waals surface area contributed by atoms with E-state index in [1.165, 1.54) is 36.4 Å². The first-order chi connectivity index (χ1) is 11.8. The molecule has 3 rings (SSSR count). The largest absolute Gasteiger partial charge is 0.348 e. The molecule has 2 aromatic rings. The van der Waals surface area contributed by atoms with Gasteiger partial charge in [0, 0.05) is 5.02 Å². The zero-order valence-corrected chi connectivity index (χ0v) is 14.1. The second-order valence-corrected chi connectivity index (χ2v) is 7.55. The van der Waals surface area contributed by atoms with Crippen molar-refractivity contribution < 1.29 is 27.6 Å². The van der Waals surface area contributed by atoms with E-state index in [1.54, 1.807) is 12.1 Å². The number of rotatable bonds is 4. The predicted molar refractivity (Wildman–Crippen MR) is 86.5 cm³/mol. The van der Waals surface area contributed by atoms with E-state index in [0.29, 0.717) is 5.02 Å². The van der Waals surface area contributed by atoms with Crippen LogP contribution in [0.4, 0.5) is 0 Å². The van der Waals surface area contributed by atoms with Gasteiger partial charge in [-0.2, -0.15) is 0 Å². The highest BCUT2D eigenvalue weighted by molar-refractivity contribution is 7.92. The van der Waals surface area contributed by atoms with Crippen molar-refractivity contribution in [1.82, 2.24) is 5.06 Å². The molecule has 0 atom stereocenters. The molecule has 2 amide bonds. The van der Waals surface area contributed by atoms with E-state index >= 15 is 0 Å². The highest BCUT2D eigenvalue weighted by atomic mass is 35.5. The first-order valence-electron chi connectivity index (χ1n) is 6.96. The fourth-order valence-corrected chi connectivity index (χ4v) is 3.47. The number of carbonyl (C=O) groups is 3. The second-order valence-electron chi connectivity index (χ2n) is 5.13. The summed E-state index contributed by atoms with van der Waals surface area (Å²) >= 11 is 5.69. The first-order valence-corrected chi connectivity index (χ1v) is 8.99. The minimum atomic E-state index is -4.00. The lowest BCUT2D eigenvalue weighted by Crippen LogP contribution is -2.34. The molecule has 9 heteroatoms. The number of benzene rings is 2. The lowest BCUT2D eigenvalue weighted by atomic mass is 10.1. The maximum Gasteiger partial charge on any atom is 0.348 e. The Labute approximate surface area is 147 Å². The molecule has 0 saturated carbocycles. The molecule has 7 nitrogen and oxygen atoms in total. The average molecular weight is 380 g/mol. The standard InChI is InChI=1S/C16H10ClNO6S/c17-10-5-7-11(8-6-10)25(22,23)9-14(19)24-18-15(20)12-3-1-2-4-13(12)16(18)21/h1-8H,9H2. The van der Waals surface area contributed by atoms with E-state index in [4.69, 9.17) is 11.6 Å². The third kappa shape index (κ3) is 3.26. The normalized spacial score (nSPS) is 13.7. The van der Waals surface area contributed by atoms with E-state index in [2.05, 4.69) is 4.84 Å². The molecular formula is C16H10ClNO6S. The summed E-state index contributed by atoms with van der Waals surface area (Å²) in [6, 6.07) is 11.1. The maximum atomic E-state index is 12.2. The predicted octanol–water partition coefficient (Wildman–Crippen LogP) is 1.87. The topological polar surface area (TPSA) is 97.8 Å². The summed E-state index contributed by atoms with van der Waals surface area (Å²) in [7, 11) is -4.00. The van der Waals surface area contributed by atoms with Crippen LogP contribution in [0.2, 0.25) is 5.02 Å². The van der Waals surface area contributed by atoms with Gasteiger partial charge in [0.25, 0.3) is 11.8 Å². The Morgan fingerprint density at radius 2 is 1.48 bits per heavy atom. The Morgan fingerprint density at radius 1 is 0.960 bits per heavy atom. The van der Waals surface area contributed by atoms with Crippen molar-refractivity contribution >= 4 is 39.2 Å². The third-order valence-corrected chi connectivity index (χ3v) is 5.29. The van der Waals surface area contributed by atoms with Gasteiger partial charge in [0.15, 0.2) is 15.6 Å². The molecule has 0 radical (unpaired) electrons. The van der Waals surface area contributed by atoms with Crippen LogP contribution in [0, 0.1) is 0 Å². The molecule has 0 N–H and O–H groups in total. The monoisotopic (exact) mass is 379 g/mol.